The van der Waals surface area contributed by atoms with Gasteiger partial charge in [-0.15, -0.1) is 24.8 Å². The molecule has 0 spiro atoms. The topological polar surface area (TPSA) is 57.3 Å². The highest BCUT2D eigenvalue weighted by Crippen LogP contribution is 2.21. The van der Waals surface area contributed by atoms with Crippen molar-refractivity contribution in [2.45, 2.75) is 58.2 Å². The lowest BCUT2D eigenvalue weighted by atomic mass is 9.95. The lowest BCUT2D eigenvalue weighted by molar-refractivity contribution is -0.122. The molecule has 0 saturated carbocycles. The van der Waals surface area contributed by atoms with Crippen molar-refractivity contribution in [3.63, 3.8) is 0 Å². The molecular weight excluding hydrogens is 359 g/mol. The molecule has 1 unspecified atom stereocenters. The highest BCUT2D eigenvalue weighted by atomic mass is 35.5. The van der Waals surface area contributed by atoms with Crippen LogP contribution in [0.2, 0.25) is 0 Å². The number of pyridine rings is 1. The Bertz CT molecular complexity index is 582. The summed E-state index contributed by atoms with van der Waals surface area (Å²) in [5, 5.41) is 6.51. The maximum absolute atomic E-state index is 12.3. The van der Waals surface area contributed by atoms with Crippen LogP contribution in [0.4, 0.5) is 0 Å². The number of rotatable bonds is 4. The summed E-state index contributed by atoms with van der Waals surface area (Å²) in [6, 6.07) is 0.400. The van der Waals surface area contributed by atoms with Gasteiger partial charge in [-0.3, -0.25) is 9.78 Å². The molecule has 0 aliphatic carbocycles. The standard InChI is InChI=1S/C18H28N4O.2ClH/c1-13-17(16-6-7-19-10-14(16)11-20-13)12-21-18(23)9-15-5-3-4-8-22(15)2;;/h11,15,19H,3-10,12H2,1-2H3,(H,21,23);2*1H. The fourth-order valence-corrected chi connectivity index (χ4v) is 3.75. The van der Waals surface area contributed by atoms with Crippen molar-refractivity contribution >= 4 is 30.7 Å². The van der Waals surface area contributed by atoms with Crippen LogP contribution in [-0.2, 0) is 24.3 Å². The predicted octanol–water partition coefficient (Wildman–Crippen LogP) is 2.37. The Balaban J connectivity index is 0.00000156. The third kappa shape index (κ3) is 5.55. The predicted molar refractivity (Wildman–Crippen MR) is 106 cm³/mol. The van der Waals surface area contributed by atoms with Gasteiger partial charge < -0.3 is 15.5 Å². The van der Waals surface area contributed by atoms with E-state index in [-0.39, 0.29) is 30.7 Å². The molecule has 0 bridgehead atoms. The first-order chi connectivity index (χ1) is 11.1. The fourth-order valence-electron chi connectivity index (χ4n) is 3.75. The number of nitrogens with zero attached hydrogens (tertiary/aromatic N) is 2. The molecule has 0 aromatic carbocycles. The Morgan fingerprint density at radius 3 is 2.96 bits per heavy atom. The molecule has 25 heavy (non-hydrogen) atoms. The van der Waals surface area contributed by atoms with Crippen LogP contribution >= 0.6 is 24.8 Å². The number of hydrogen-bond acceptors (Lipinski definition) is 4. The largest absolute Gasteiger partial charge is 0.352 e. The highest BCUT2D eigenvalue weighted by molar-refractivity contribution is 5.85. The first kappa shape index (κ1) is 22.2. The Hall–Kier alpha value is -0.880. The van der Waals surface area contributed by atoms with E-state index in [2.05, 4.69) is 27.6 Å². The van der Waals surface area contributed by atoms with Crippen LogP contribution in [0.1, 0.15) is 48.1 Å². The zero-order valence-corrected chi connectivity index (χ0v) is 16.8. The van der Waals surface area contributed by atoms with Gasteiger partial charge in [0.05, 0.1) is 0 Å². The van der Waals surface area contributed by atoms with Crippen molar-refractivity contribution in [1.82, 2.24) is 20.5 Å². The third-order valence-corrected chi connectivity index (χ3v) is 5.27. The molecule has 1 saturated heterocycles. The van der Waals surface area contributed by atoms with E-state index in [0.717, 1.165) is 38.2 Å². The molecule has 1 amide bonds. The van der Waals surface area contributed by atoms with Crippen molar-refractivity contribution in [3.05, 3.63) is 28.6 Å². The molecule has 142 valence electrons. The van der Waals surface area contributed by atoms with Gasteiger partial charge in [0.25, 0.3) is 0 Å². The van der Waals surface area contributed by atoms with Crippen LogP contribution in [0.25, 0.3) is 0 Å². The van der Waals surface area contributed by atoms with E-state index in [9.17, 15) is 4.79 Å². The quantitative estimate of drug-likeness (QED) is 0.830. The monoisotopic (exact) mass is 388 g/mol. The molecule has 5 nitrogen and oxygen atoms in total. The van der Waals surface area contributed by atoms with Crippen LogP contribution in [0, 0.1) is 6.92 Å². The molecule has 3 rings (SSSR count). The average Bonchev–Trinajstić information content (AvgIpc) is 2.56. The molecule has 2 aliphatic heterocycles. The summed E-state index contributed by atoms with van der Waals surface area (Å²) in [6.45, 7) is 5.65. The molecule has 3 heterocycles. The van der Waals surface area contributed by atoms with Gasteiger partial charge in [0.15, 0.2) is 0 Å². The summed E-state index contributed by atoms with van der Waals surface area (Å²) >= 11 is 0. The summed E-state index contributed by atoms with van der Waals surface area (Å²) in [5.74, 6) is 0.162. The van der Waals surface area contributed by atoms with E-state index in [1.54, 1.807) is 0 Å². The van der Waals surface area contributed by atoms with Crippen LogP contribution in [0.5, 0.6) is 0 Å². The second kappa shape index (κ2) is 10.3. The van der Waals surface area contributed by atoms with E-state index in [0.29, 0.717) is 19.0 Å². The zero-order valence-electron chi connectivity index (χ0n) is 15.1. The van der Waals surface area contributed by atoms with Crippen molar-refractivity contribution in [2.75, 3.05) is 20.1 Å². The summed E-state index contributed by atoms with van der Waals surface area (Å²) in [6.07, 6.45) is 7.24. The summed E-state index contributed by atoms with van der Waals surface area (Å²) in [7, 11) is 2.13. The summed E-state index contributed by atoms with van der Waals surface area (Å²) < 4.78 is 0. The number of piperidine rings is 1. The lowest BCUT2D eigenvalue weighted by Crippen LogP contribution is -2.40. The minimum atomic E-state index is 0. The number of fused-ring (bicyclic) bond motifs is 1. The number of aryl methyl sites for hydroxylation is 1. The van der Waals surface area contributed by atoms with E-state index in [1.165, 1.54) is 29.5 Å². The Labute approximate surface area is 163 Å². The molecule has 1 aromatic heterocycles. The van der Waals surface area contributed by atoms with Crippen molar-refractivity contribution in [2.24, 2.45) is 0 Å². The van der Waals surface area contributed by atoms with Crippen LogP contribution in [-0.4, -0.2) is 42.0 Å². The normalized spacial score (nSPS) is 20.0. The number of carbonyl (C=O) groups is 1. The SMILES string of the molecule is Cc1ncc2c(c1CNC(=O)CC1CCCCN1C)CCNC2.Cl.Cl. The first-order valence-corrected chi connectivity index (χ1v) is 8.79. The molecule has 7 heteroatoms. The zero-order chi connectivity index (χ0) is 16.2. The van der Waals surface area contributed by atoms with E-state index in [1.807, 2.05) is 13.1 Å². The minimum absolute atomic E-state index is 0. The molecule has 2 aliphatic rings. The second-order valence-corrected chi connectivity index (χ2v) is 6.86. The number of nitrogens with one attached hydrogen (secondary N) is 2. The molecule has 1 aromatic rings. The number of hydrogen-bond donors (Lipinski definition) is 2. The fraction of sp³-hybridized carbons (Fsp3) is 0.667. The first-order valence-electron chi connectivity index (χ1n) is 8.79. The van der Waals surface area contributed by atoms with E-state index < -0.39 is 0 Å². The van der Waals surface area contributed by atoms with Gasteiger partial charge in [0, 0.05) is 37.4 Å². The minimum Gasteiger partial charge on any atom is -0.352 e. The smallest absolute Gasteiger partial charge is 0.221 e. The van der Waals surface area contributed by atoms with Gasteiger partial charge in [-0.1, -0.05) is 6.42 Å². The Kier molecular flexibility index (Phi) is 9.14. The maximum Gasteiger partial charge on any atom is 0.221 e. The molecular formula is C18H30Cl2N4O. The van der Waals surface area contributed by atoms with Crippen molar-refractivity contribution in [3.8, 4) is 0 Å². The molecule has 1 atom stereocenters. The third-order valence-electron chi connectivity index (χ3n) is 5.27. The van der Waals surface area contributed by atoms with Gasteiger partial charge in [0.2, 0.25) is 5.91 Å². The number of likely N-dealkylation sites (tertiary alicyclic amines) is 1. The van der Waals surface area contributed by atoms with Crippen LogP contribution in [0.15, 0.2) is 6.20 Å². The van der Waals surface area contributed by atoms with Crippen molar-refractivity contribution in [1.29, 1.82) is 0 Å². The van der Waals surface area contributed by atoms with Crippen molar-refractivity contribution < 1.29 is 4.79 Å². The van der Waals surface area contributed by atoms with Crippen LogP contribution < -0.4 is 10.6 Å². The van der Waals surface area contributed by atoms with Gasteiger partial charge in [-0.25, -0.2) is 0 Å². The number of halogens is 2. The lowest BCUT2D eigenvalue weighted by Gasteiger charge is -2.32. The molecule has 1 fully saturated rings. The molecule has 0 radical (unpaired) electrons. The Morgan fingerprint density at radius 1 is 1.40 bits per heavy atom. The Morgan fingerprint density at radius 2 is 2.20 bits per heavy atom. The summed E-state index contributed by atoms with van der Waals surface area (Å²) in [5.41, 5.74) is 4.92. The van der Waals surface area contributed by atoms with Crippen LogP contribution in [0.3, 0.4) is 0 Å². The number of aromatic nitrogens is 1. The summed E-state index contributed by atoms with van der Waals surface area (Å²) in [4.78, 5) is 19.2. The van der Waals surface area contributed by atoms with Gasteiger partial charge in [0.1, 0.15) is 0 Å². The molecule has 2 N–H and O–H groups in total. The van der Waals surface area contributed by atoms with Gasteiger partial charge in [-0.2, -0.15) is 0 Å². The highest BCUT2D eigenvalue weighted by Gasteiger charge is 2.22. The second-order valence-electron chi connectivity index (χ2n) is 6.86. The van der Waals surface area contributed by atoms with Gasteiger partial charge in [-0.05, 0) is 63.0 Å². The number of amides is 1. The maximum atomic E-state index is 12.3. The van der Waals surface area contributed by atoms with E-state index in [4.69, 9.17) is 0 Å². The number of carbonyl (C=O) groups excluding carboxylic acids is 1. The van der Waals surface area contributed by atoms with Gasteiger partial charge >= 0.3 is 0 Å². The van der Waals surface area contributed by atoms with E-state index >= 15 is 0 Å². The average molecular weight is 389 g/mol.